The van der Waals surface area contributed by atoms with Crippen molar-refractivity contribution in [3.8, 4) is 0 Å². The van der Waals surface area contributed by atoms with Crippen LogP contribution in [0.4, 0.5) is 0 Å². The van der Waals surface area contributed by atoms with Gasteiger partial charge < -0.3 is 13.9 Å². The number of aryl methyl sites for hydroxylation is 1. The van der Waals surface area contributed by atoms with Gasteiger partial charge in [0.1, 0.15) is 5.58 Å². The van der Waals surface area contributed by atoms with Crippen LogP contribution in [-0.4, -0.2) is 25.2 Å². The third kappa shape index (κ3) is 4.01. The Hall–Kier alpha value is -2.63. The Morgan fingerprint density at radius 1 is 1.04 bits per heavy atom. The molecule has 1 aromatic heterocycles. The van der Waals surface area contributed by atoms with Crippen molar-refractivity contribution >= 4 is 22.9 Å². The molecule has 0 saturated heterocycles. The maximum atomic E-state index is 12.2. The van der Waals surface area contributed by atoms with Crippen LogP contribution in [0.25, 0.3) is 11.0 Å². The SMILES string of the molecule is CCOC(=O)Cc1ccc2c(C)c(CC(=O)OCC)c(=O)oc2c1. The molecule has 6 nitrogen and oxygen atoms in total. The zero-order valence-electron chi connectivity index (χ0n) is 14.0. The summed E-state index contributed by atoms with van der Waals surface area (Å²) in [5.74, 6) is -0.805. The Kier molecular flexibility index (Phi) is 5.73. The summed E-state index contributed by atoms with van der Waals surface area (Å²) in [6, 6.07) is 5.20. The Morgan fingerprint density at radius 3 is 2.29 bits per heavy atom. The van der Waals surface area contributed by atoms with Gasteiger partial charge in [0.15, 0.2) is 0 Å². The third-order valence-electron chi connectivity index (χ3n) is 3.63. The molecule has 0 aliphatic rings. The van der Waals surface area contributed by atoms with Gasteiger partial charge in [-0.2, -0.15) is 0 Å². The maximum absolute atomic E-state index is 12.2. The maximum Gasteiger partial charge on any atom is 0.340 e. The summed E-state index contributed by atoms with van der Waals surface area (Å²) in [6.07, 6.45) is -0.0142. The van der Waals surface area contributed by atoms with Crippen LogP contribution < -0.4 is 5.63 Å². The molecule has 0 spiro atoms. The Morgan fingerprint density at radius 2 is 1.67 bits per heavy atom. The number of rotatable bonds is 6. The van der Waals surface area contributed by atoms with Gasteiger partial charge in [-0.25, -0.2) is 4.79 Å². The second-order valence-corrected chi connectivity index (χ2v) is 5.29. The lowest BCUT2D eigenvalue weighted by molar-refractivity contribution is -0.143. The van der Waals surface area contributed by atoms with Gasteiger partial charge in [0.05, 0.1) is 31.6 Å². The summed E-state index contributed by atoms with van der Waals surface area (Å²) in [4.78, 5) is 35.4. The molecule has 24 heavy (non-hydrogen) atoms. The Bertz CT molecular complexity index is 818. The first-order valence-corrected chi connectivity index (χ1v) is 7.82. The van der Waals surface area contributed by atoms with E-state index in [0.717, 1.165) is 5.39 Å². The minimum absolute atomic E-state index is 0.108. The van der Waals surface area contributed by atoms with E-state index in [4.69, 9.17) is 13.9 Å². The van der Waals surface area contributed by atoms with Gasteiger partial charge in [-0.3, -0.25) is 9.59 Å². The quantitative estimate of drug-likeness (QED) is 0.596. The first-order valence-electron chi connectivity index (χ1n) is 7.82. The summed E-state index contributed by atoms with van der Waals surface area (Å²) >= 11 is 0. The van der Waals surface area contributed by atoms with Crippen molar-refractivity contribution in [1.29, 1.82) is 0 Å². The number of esters is 2. The standard InChI is InChI=1S/C18H20O6/c1-4-22-16(19)9-12-6-7-13-11(3)14(10-17(20)23-5-2)18(21)24-15(13)8-12/h6-8H,4-5,9-10H2,1-3H3. The number of fused-ring (bicyclic) bond motifs is 1. The van der Waals surface area contributed by atoms with Gasteiger partial charge in [0.25, 0.3) is 0 Å². The highest BCUT2D eigenvalue weighted by atomic mass is 16.5. The van der Waals surface area contributed by atoms with Crippen molar-refractivity contribution in [1.82, 2.24) is 0 Å². The average Bonchev–Trinajstić information content (AvgIpc) is 2.51. The lowest BCUT2D eigenvalue weighted by atomic mass is 10.0. The van der Waals surface area contributed by atoms with Crippen molar-refractivity contribution in [3.63, 3.8) is 0 Å². The molecule has 0 atom stereocenters. The summed E-state index contributed by atoms with van der Waals surface area (Å²) < 4.78 is 15.1. The molecule has 0 N–H and O–H groups in total. The van der Waals surface area contributed by atoms with Gasteiger partial charge in [-0.1, -0.05) is 12.1 Å². The lowest BCUT2D eigenvalue weighted by Gasteiger charge is -2.09. The van der Waals surface area contributed by atoms with Crippen LogP contribution in [-0.2, 0) is 31.9 Å². The largest absolute Gasteiger partial charge is 0.466 e. The topological polar surface area (TPSA) is 82.8 Å². The molecule has 0 saturated carbocycles. The van der Waals surface area contributed by atoms with Gasteiger partial charge >= 0.3 is 17.6 Å². The second kappa shape index (κ2) is 7.77. The van der Waals surface area contributed by atoms with Crippen molar-refractivity contribution in [2.24, 2.45) is 0 Å². The summed E-state index contributed by atoms with van der Waals surface area (Å²) in [6.45, 7) is 5.79. The van der Waals surface area contributed by atoms with Crippen LogP contribution in [0.3, 0.4) is 0 Å². The van der Waals surface area contributed by atoms with E-state index in [2.05, 4.69) is 0 Å². The fourth-order valence-corrected chi connectivity index (χ4v) is 2.49. The van der Waals surface area contributed by atoms with Crippen LogP contribution in [0.1, 0.15) is 30.5 Å². The number of ether oxygens (including phenoxy) is 2. The number of hydrogen-bond acceptors (Lipinski definition) is 6. The molecule has 2 rings (SSSR count). The first-order chi connectivity index (χ1) is 11.5. The predicted molar refractivity (Wildman–Crippen MR) is 87.9 cm³/mol. The van der Waals surface area contributed by atoms with Crippen LogP contribution in [0.15, 0.2) is 27.4 Å². The zero-order valence-corrected chi connectivity index (χ0v) is 14.0. The van der Waals surface area contributed by atoms with Crippen molar-refractivity contribution < 1.29 is 23.5 Å². The van der Waals surface area contributed by atoms with E-state index in [9.17, 15) is 14.4 Å². The van der Waals surface area contributed by atoms with Crippen LogP contribution in [0.5, 0.6) is 0 Å². The van der Waals surface area contributed by atoms with E-state index in [0.29, 0.717) is 28.9 Å². The first kappa shape index (κ1) is 17.7. The highest BCUT2D eigenvalue weighted by Gasteiger charge is 2.16. The smallest absolute Gasteiger partial charge is 0.340 e. The highest BCUT2D eigenvalue weighted by molar-refractivity contribution is 5.84. The van der Waals surface area contributed by atoms with Crippen molar-refractivity contribution in [2.75, 3.05) is 13.2 Å². The average molecular weight is 332 g/mol. The van der Waals surface area contributed by atoms with E-state index >= 15 is 0 Å². The van der Waals surface area contributed by atoms with Gasteiger partial charge in [-0.05, 0) is 38.0 Å². The van der Waals surface area contributed by atoms with Crippen molar-refractivity contribution in [3.05, 3.63) is 45.3 Å². The summed E-state index contributed by atoms with van der Waals surface area (Å²) in [5.41, 5.74) is 1.48. The third-order valence-corrected chi connectivity index (χ3v) is 3.63. The van der Waals surface area contributed by atoms with E-state index < -0.39 is 11.6 Å². The molecule has 0 aliphatic carbocycles. The van der Waals surface area contributed by atoms with Gasteiger partial charge in [0.2, 0.25) is 0 Å². The van der Waals surface area contributed by atoms with Gasteiger partial charge in [-0.15, -0.1) is 0 Å². The molecule has 0 unspecified atom stereocenters. The molecule has 2 aromatic rings. The molecule has 1 aromatic carbocycles. The fraction of sp³-hybridized carbons (Fsp3) is 0.389. The van der Waals surface area contributed by atoms with Gasteiger partial charge in [0, 0.05) is 5.39 Å². The highest BCUT2D eigenvalue weighted by Crippen LogP contribution is 2.21. The molecule has 0 bridgehead atoms. The molecule has 128 valence electrons. The Balaban J connectivity index is 2.37. The molecule has 0 radical (unpaired) electrons. The zero-order chi connectivity index (χ0) is 17.7. The summed E-state index contributed by atoms with van der Waals surface area (Å²) in [5, 5.41) is 0.724. The Labute approximate surface area is 139 Å². The number of benzene rings is 1. The van der Waals surface area contributed by atoms with E-state index in [1.54, 1.807) is 39.0 Å². The fourth-order valence-electron chi connectivity index (χ4n) is 2.49. The molecular formula is C18H20O6. The molecule has 6 heteroatoms. The number of carbonyl (C=O) groups is 2. The van der Waals surface area contributed by atoms with Crippen LogP contribution in [0, 0.1) is 6.92 Å². The lowest BCUT2D eigenvalue weighted by Crippen LogP contribution is -2.17. The van der Waals surface area contributed by atoms with Crippen molar-refractivity contribution in [2.45, 2.75) is 33.6 Å². The van der Waals surface area contributed by atoms with E-state index in [1.165, 1.54) is 0 Å². The minimum atomic E-state index is -0.568. The predicted octanol–water partition coefficient (Wildman–Crippen LogP) is 2.31. The molecule has 1 heterocycles. The molecule has 0 aliphatic heterocycles. The number of hydrogen-bond donors (Lipinski definition) is 0. The van der Waals surface area contributed by atoms with E-state index in [-0.39, 0.29) is 25.4 Å². The van der Waals surface area contributed by atoms with Crippen LogP contribution in [0.2, 0.25) is 0 Å². The second-order valence-electron chi connectivity index (χ2n) is 5.29. The summed E-state index contributed by atoms with van der Waals surface area (Å²) in [7, 11) is 0. The molecule has 0 fully saturated rings. The normalized spacial score (nSPS) is 10.6. The number of carbonyl (C=O) groups excluding carboxylic acids is 2. The molecular weight excluding hydrogens is 312 g/mol. The minimum Gasteiger partial charge on any atom is -0.466 e. The molecule has 0 amide bonds. The van der Waals surface area contributed by atoms with E-state index in [1.807, 2.05) is 0 Å². The monoisotopic (exact) mass is 332 g/mol. The van der Waals surface area contributed by atoms with Crippen LogP contribution >= 0.6 is 0 Å².